The standard InChI is InChI=1S/C22H20N2O4S/c1-15-12-13-17(14-20(15)29(27,28)23-2)24-22(26)19-11-7-6-10-18(19)21(25)16-8-4-3-5-9-16/h3-14,23H,1-2H3,(H,24,26). The van der Waals surface area contributed by atoms with E-state index in [1.807, 2.05) is 6.07 Å². The van der Waals surface area contributed by atoms with E-state index in [1.54, 1.807) is 67.6 Å². The van der Waals surface area contributed by atoms with Crippen LogP contribution in [0.3, 0.4) is 0 Å². The van der Waals surface area contributed by atoms with Crippen LogP contribution in [-0.2, 0) is 10.0 Å². The number of rotatable bonds is 6. The second-order valence-electron chi connectivity index (χ2n) is 6.38. The third kappa shape index (κ3) is 4.42. The molecule has 0 unspecified atom stereocenters. The molecule has 1 amide bonds. The summed E-state index contributed by atoms with van der Waals surface area (Å²) in [7, 11) is -2.34. The molecular formula is C22H20N2O4S. The van der Waals surface area contributed by atoms with Crippen LogP contribution in [0.15, 0.2) is 77.7 Å². The van der Waals surface area contributed by atoms with Gasteiger partial charge in [0.1, 0.15) is 0 Å². The maximum Gasteiger partial charge on any atom is 0.256 e. The number of hydrogen-bond acceptors (Lipinski definition) is 4. The molecular weight excluding hydrogens is 388 g/mol. The fourth-order valence-corrected chi connectivity index (χ4v) is 3.89. The molecule has 0 saturated heterocycles. The number of hydrogen-bond donors (Lipinski definition) is 2. The van der Waals surface area contributed by atoms with Gasteiger partial charge in [0.25, 0.3) is 5.91 Å². The van der Waals surface area contributed by atoms with E-state index in [-0.39, 0.29) is 21.8 Å². The molecule has 0 aliphatic heterocycles. The lowest BCUT2D eigenvalue weighted by Crippen LogP contribution is -2.21. The van der Waals surface area contributed by atoms with E-state index in [0.717, 1.165) is 0 Å². The van der Waals surface area contributed by atoms with Gasteiger partial charge in [0.15, 0.2) is 5.78 Å². The van der Waals surface area contributed by atoms with Crippen molar-refractivity contribution in [1.82, 2.24) is 4.72 Å². The molecule has 3 aromatic carbocycles. The summed E-state index contributed by atoms with van der Waals surface area (Å²) >= 11 is 0. The first kappa shape index (κ1) is 20.4. The summed E-state index contributed by atoms with van der Waals surface area (Å²) in [5.41, 5.74) is 1.82. The maximum absolute atomic E-state index is 12.9. The molecule has 0 spiro atoms. The second-order valence-corrected chi connectivity index (χ2v) is 8.24. The lowest BCUT2D eigenvalue weighted by Gasteiger charge is -2.12. The summed E-state index contributed by atoms with van der Waals surface area (Å²) in [4.78, 5) is 25.8. The average molecular weight is 408 g/mol. The molecule has 7 heteroatoms. The Kier molecular flexibility index (Phi) is 5.91. The van der Waals surface area contributed by atoms with Gasteiger partial charge in [-0.2, -0.15) is 0 Å². The number of anilines is 1. The van der Waals surface area contributed by atoms with Gasteiger partial charge in [-0.15, -0.1) is 0 Å². The van der Waals surface area contributed by atoms with Crippen molar-refractivity contribution in [2.75, 3.05) is 12.4 Å². The molecule has 0 bridgehead atoms. The van der Waals surface area contributed by atoms with Crippen LogP contribution in [0.5, 0.6) is 0 Å². The normalized spacial score (nSPS) is 11.1. The van der Waals surface area contributed by atoms with Crippen LogP contribution in [0, 0.1) is 6.92 Å². The Labute approximate surface area is 169 Å². The zero-order chi connectivity index (χ0) is 21.0. The maximum atomic E-state index is 12.9. The van der Waals surface area contributed by atoms with Crippen molar-refractivity contribution in [1.29, 1.82) is 0 Å². The number of carbonyl (C=O) groups excluding carboxylic acids is 2. The molecule has 0 aliphatic rings. The first-order valence-electron chi connectivity index (χ1n) is 8.88. The minimum Gasteiger partial charge on any atom is -0.322 e. The van der Waals surface area contributed by atoms with E-state index in [0.29, 0.717) is 16.8 Å². The summed E-state index contributed by atoms with van der Waals surface area (Å²) in [6.07, 6.45) is 0. The van der Waals surface area contributed by atoms with Crippen LogP contribution in [-0.4, -0.2) is 27.2 Å². The molecule has 3 aromatic rings. The summed E-state index contributed by atoms with van der Waals surface area (Å²) in [6.45, 7) is 1.67. The van der Waals surface area contributed by atoms with Crippen molar-refractivity contribution in [3.05, 3.63) is 95.1 Å². The van der Waals surface area contributed by atoms with E-state index in [4.69, 9.17) is 0 Å². The average Bonchev–Trinajstić information content (AvgIpc) is 2.75. The van der Waals surface area contributed by atoms with Gasteiger partial charge in [0, 0.05) is 16.8 Å². The predicted molar refractivity (Wildman–Crippen MR) is 112 cm³/mol. The third-order valence-corrected chi connectivity index (χ3v) is 6.01. The topological polar surface area (TPSA) is 92.3 Å². The van der Waals surface area contributed by atoms with E-state index in [1.165, 1.54) is 13.1 Å². The largest absolute Gasteiger partial charge is 0.322 e. The second kappa shape index (κ2) is 8.38. The molecule has 0 radical (unpaired) electrons. The summed E-state index contributed by atoms with van der Waals surface area (Å²) in [5.74, 6) is -0.764. The van der Waals surface area contributed by atoms with E-state index in [2.05, 4.69) is 10.0 Å². The molecule has 0 atom stereocenters. The number of carbonyl (C=O) groups is 2. The molecule has 0 saturated carbocycles. The fourth-order valence-electron chi connectivity index (χ4n) is 2.90. The van der Waals surface area contributed by atoms with Crippen LogP contribution in [0.25, 0.3) is 0 Å². The Morgan fingerprint density at radius 2 is 1.45 bits per heavy atom. The summed E-state index contributed by atoms with van der Waals surface area (Å²) < 4.78 is 26.6. The van der Waals surface area contributed by atoms with Crippen molar-refractivity contribution in [3.63, 3.8) is 0 Å². The first-order valence-corrected chi connectivity index (χ1v) is 10.4. The quantitative estimate of drug-likeness (QED) is 0.612. The molecule has 6 nitrogen and oxygen atoms in total. The number of amides is 1. The number of nitrogens with one attached hydrogen (secondary N) is 2. The van der Waals surface area contributed by atoms with E-state index < -0.39 is 15.9 Å². The minimum absolute atomic E-state index is 0.0754. The predicted octanol–water partition coefficient (Wildman–Crippen LogP) is 3.39. The van der Waals surface area contributed by atoms with E-state index in [9.17, 15) is 18.0 Å². The van der Waals surface area contributed by atoms with Gasteiger partial charge in [-0.3, -0.25) is 9.59 Å². The monoisotopic (exact) mass is 408 g/mol. The minimum atomic E-state index is -3.66. The van der Waals surface area contributed by atoms with Crippen molar-refractivity contribution in [2.45, 2.75) is 11.8 Å². The van der Waals surface area contributed by atoms with Crippen LogP contribution < -0.4 is 10.0 Å². The number of aryl methyl sites for hydroxylation is 1. The molecule has 29 heavy (non-hydrogen) atoms. The molecule has 0 aromatic heterocycles. The Morgan fingerprint density at radius 3 is 2.10 bits per heavy atom. The van der Waals surface area contributed by atoms with Crippen LogP contribution in [0.1, 0.15) is 31.8 Å². The van der Waals surface area contributed by atoms with E-state index >= 15 is 0 Å². The SMILES string of the molecule is CNS(=O)(=O)c1cc(NC(=O)c2ccccc2C(=O)c2ccccc2)ccc1C. The Balaban J connectivity index is 1.94. The van der Waals surface area contributed by atoms with Gasteiger partial charge in [-0.05, 0) is 37.7 Å². The van der Waals surface area contributed by atoms with Gasteiger partial charge in [-0.1, -0.05) is 54.6 Å². The van der Waals surface area contributed by atoms with Gasteiger partial charge >= 0.3 is 0 Å². The fraction of sp³-hybridized carbons (Fsp3) is 0.0909. The molecule has 148 valence electrons. The highest BCUT2D eigenvalue weighted by molar-refractivity contribution is 7.89. The number of sulfonamides is 1. The van der Waals surface area contributed by atoms with Crippen molar-refractivity contribution in [3.8, 4) is 0 Å². The van der Waals surface area contributed by atoms with Gasteiger partial charge in [0.2, 0.25) is 10.0 Å². The Morgan fingerprint density at radius 1 is 0.828 bits per heavy atom. The van der Waals surface area contributed by atoms with Crippen molar-refractivity contribution >= 4 is 27.4 Å². The molecule has 3 rings (SSSR count). The molecule has 0 heterocycles. The smallest absolute Gasteiger partial charge is 0.256 e. The number of ketones is 1. The van der Waals surface area contributed by atoms with Crippen molar-refractivity contribution in [2.24, 2.45) is 0 Å². The highest BCUT2D eigenvalue weighted by atomic mass is 32.2. The van der Waals surface area contributed by atoms with Crippen LogP contribution in [0.2, 0.25) is 0 Å². The zero-order valence-corrected chi connectivity index (χ0v) is 16.8. The number of benzene rings is 3. The Bertz CT molecular complexity index is 1170. The lowest BCUT2D eigenvalue weighted by molar-refractivity contribution is 0.0996. The van der Waals surface area contributed by atoms with Crippen LogP contribution in [0.4, 0.5) is 5.69 Å². The summed E-state index contributed by atoms with van der Waals surface area (Å²) in [6, 6.07) is 19.8. The molecule has 0 fully saturated rings. The third-order valence-electron chi connectivity index (χ3n) is 4.46. The van der Waals surface area contributed by atoms with Crippen LogP contribution >= 0.6 is 0 Å². The summed E-state index contributed by atoms with van der Waals surface area (Å²) in [5, 5.41) is 2.69. The zero-order valence-electron chi connectivity index (χ0n) is 16.0. The molecule has 2 N–H and O–H groups in total. The first-order chi connectivity index (χ1) is 13.8. The van der Waals surface area contributed by atoms with Gasteiger partial charge in [-0.25, -0.2) is 13.1 Å². The highest BCUT2D eigenvalue weighted by Gasteiger charge is 2.19. The Hall–Kier alpha value is -3.29. The van der Waals surface area contributed by atoms with Gasteiger partial charge < -0.3 is 5.32 Å². The highest BCUT2D eigenvalue weighted by Crippen LogP contribution is 2.22. The van der Waals surface area contributed by atoms with Crippen molar-refractivity contribution < 1.29 is 18.0 Å². The lowest BCUT2D eigenvalue weighted by atomic mass is 9.98. The van der Waals surface area contributed by atoms with Gasteiger partial charge in [0.05, 0.1) is 10.5 Å². The molecule has 0 aliphatic carbocycles.